The summed E-state index contributed by atoms with van der Waals surface area (Å²) < 4.78 is 2.22. The highest BCUT2D eigenvalue weighted by Crippen LogP contribution is 2.25. The van der Waals surface area contributed by atoms with E-state index in [-0.39, 0.29) is 5.38 Å². The first-order chi connectivity index (χ1) is 9.65. The molecule has 0 saturated heterocycles. The van der Waals surface area contributed by atoms with Gasteiger partial charge in [0.05, 0.1) is 27.6 Å². The molecule has 1 aromatic carbocycles. The third kappa shape index (κ3) is 2.58. The Morgan fingerprint density at radius 1 is 1.40 bits per heavy atom. The second kappa shape index (κ2) is 5.54. The van der Waals surface area contributed by atoms with Gasteiger partial charge in [0.15, 0.2) is 0 Å². The van der Waals surface area contributed by atoms with Crippen LogP contribution in [0.4, 0.5) is 0 Å². The third-order valence-electron chi connectivity index (χ3n) is 3.36. The van der Waals surface area contributed by atoms with E-state index < -0.39 is 0 Å². The van der Waals surface area contributed by atoms with Crippen LogP contribution in [0.15, 0.2) is 29.1 Å². The molecule has 1 unspecified atom stereocenters. The Morgan fingerprint density at radius 2 is 2.25 bits per heavy atom. The van der Waals surface area contributed by atoms with Crippen LogP contribution in [-0.2, 0) is 13.0 Å². The molecule has 0 N–H and O–H groups in total. The third-order valence-corrected chi connectivity index (χ3v) is 4.19. The van der Waals surface area contributed by atoms with Crippen LogP contribution in [0.5, 0.6) is 0 Å². The summed E-state index contributed by atoms with van der Waals surface area (Å²) in [5.41, 5.74) is 6.40. The molecule has 2 aromatic heterocycles. The number of aromatic nitrogens is 3. The molecule has 0 amide bonds. The highest BCUT2D eigenvalue weighted by atomic mass is 35.5. The normalized spacial score (nSPS) is 12.9. The maximum absolute atomic E-state index is 6.28. The summed E-state index contributed by atoms with van der Waals surface area (Å²) in [4.78, 5) is 9.01. The van der Waals surface area contributed by atoms with Crippen molar-refractivity contribution in [1.29, 1.82) is 0 Å². The number of benzene rings is 1. The number of thiazole rings is 1. The Morgan fingerprint density at radius 3 is 2.95 bits per heavy atom. The van der Waals surface area contributed by atoms with Gasteiger partial charge >= 0.3 is 0 Å². The van der Waals surface area contributed by atoms with Crippen molar-refractivity contribution < 1.29 is 0 Å². The van der Waals surface area contributed by atoms with Crippen molar-refractivity contribution in [3.63, 3.8) is 0 Å². The van der Waals surface area contributed by atoms with Gasteiger partial charge in [-0.15, -0.1) is 22.9 Å². The molecule has 0 spiro atoms. The van der Waals surface area contributed by atoms with Crippen LogP contribution in [-0.4, -0.2) is 14.5 Å². The molecule has 104 valence electrons. The van der Waals surface area contributed by atoms with E-state index in [0.717, 1.165) is 35.5 Å². The molecule has 3 rings (SSSR count). The maximum atomic E-state index is 6.28. The predicted octanol–water partition coefficient (Wildman–Crippen LogP) is 4.34. The molecule has 0 bridgehead atoms. The Hall–Kier alpha value is -1.39. The SMILES string of the molecule is Cc1ccc2nc(C(C)Cl)n(CCc3cscn3)c2c1. The Labute approximate surface area is 127 Å². The monoisotopic (exact) mass is 305 g/mol. The van der Waals surface area contributed by atoms with Crippen molar-refractivity contribution in [2.45, 2.75) is 32.2 Å². The fraction of sp³-hybridized carbons (Fsp3) is 0.333. The van der Waals surface area contributed by atoms with Crippen molar-refractivity contribution in [3.8, 4) is 0 Å². The smallest absolute Gasteiger partial charge is 0.127 e. The molecule has 2 heterocycles. The van der Waals surface area contributed by atoms with Crippen LogP contribution in [0.25, 0.3) is 11.0 Å². The number of hydrogen-bond acceptors (Lipinski definition) is 3. The van der Waals surface area contributed by atoms with Crippen LogP contribution in [0.1, 0.15) is 29.4 Å². The number of nitrogens with zero attached hydrogens (tertiary/aromatic N) is 3. The topological polar surface area (TPSA) is 30.7 Å². The summed E-state index contributed by atoms with van der Waals surface area (Å²) in [5, 5.41) is 1.99. The van der Waals surface area contributed by atoms with E-state index in [1.54, 1.807) is 11.3 Å². The van der Waals surface area contributed by atoms with E-state index in [0.29, 0.717) is 0 Å². The summed E-state index contributed by atoms with van der Waals surface area (Å²) in [7, 11) is 0. The van der Waals surface area contributed by atoms with E-state index in [4.69, 9.17) is 11.6 Å². The van der Waals surface area contributed by atoms with Crippen LogP contribution in [0, 0.1) is 6.92 Å². The zero-order valence-electron chi connectivity index (χ0n) is 11.5. The van der Waals surface area contributed by atoms with E-state index in [9.17, 15) is 0 Å². The molecule has 5 heteroatoms. The van der Waals surface area contributed by atoms with Crippen LogP contribution >= 0.6 is 22.9 Å². The minimum absolute atomic E-state index is 0.0989. The van der Waals surface area contributed by atoms with E-state index in [2.05, 4.69) is 45.0 Å². The lowest BCUT2D eigenvalue weighted by molar-refractivity contribution is 0.662. The first-order valence-electron chi connectivity index (χ1n) is 6.63. The van der Waals surface area contributed by atoms with E-state index >= 15 is 0 Å². The number of aryl methyl sites for hydroxylation is 3. The minimum Gasteiger partial charge on any atom is -0.326 e. The zero-order chi connectivity index (χ0) is 14.1. The van der Waals surface area contributed by atoms with Gasteiger partial charge in [-0.25, -0.2) is 9.97 Å². The summed E-state index contributed by atoms with van der Waals surface area (Å²) in [6.07, 6.45) is 0.902. The van der Waals surface area contributed by atoms with Gasteiger partial charge in [-0.05, 0) is 31.5 Å². The maximum Gasteiger partial charge on any atom is 0.127 e. The lowest BCUT2D eigenvalue weighted by Crippen LogP contribution is -2.07. The van der Waals surface area contributed by atoms with Crippen molar-refractivity contribution in [3.05, 3.63) is 46.2 Å². The highest BCUT2D eigenvalue weighted by Gasteiger charge is 2.15. The first-order valence-corrected chi connectivity index (χ1v) is 8.01. The average molecular weight is 306 g/mol. The average Bonchev–Trinajstić information content (AvgIpc) is 3.03. The second-order valence-electron chi connectivity index (χ2n) is 4.96. The molecule has 3 nitrogen and oxygen atoms in total. The highest BCUT2D eigenvalue weighted by molar-refractivity contribution is 7.07. The van der Waals surface area contributed by atoms with Crippen LogP contribution < -0.4 is 0 Å². The molecule has 0 aliphatic rings. The summed E-state index contributed by atoms with van der Waals surface area (Å²) in [5.74, 6) is 0.933. The van der Waals surface area contributed by atoms with Gasteiger partial charge in [0.1, 0.15) is 5.82 Å². The summed E-state index contributed by atoms with van der Waals surface area (Å²) >= 11 is 7.91. The van der Waals surface area contributed by atoms with Gasteiger partial charge in [-0.1, -0.05) is 6.07 Å². The van der Waals surface area contributed by atoms with Gasteiger partial charge in [-0.3, -0.25) is 0 Å². The molecule has 0 saturated carbocycles. The molecule has 20 heavy (non-hydrogen) atoms. The van der Waals surface area contributed by atoms with Crippen molar-refractivity contribution in [2.75, 3.05) is 0 Å². The Bertz CT molecular complexity index is 716. The van der Waals surface area contributed by atoms with Gasteiger partial charge in [-0.2, -0.15) is 0 Å². The number of rotatable bonds is 4. The van der Waals surface area contributed by atoms with Gasteiger partial charge in [0, 0.05) is 18.3 Å². The van der Waals surface area contributed by atoms with Gasteiger partial charge in [0.2, 0.25) is 0 Å². The van der Waals surface area contributed by atoms with Crippen molar-refractivity contribution >= 4 is 34.0 Å². The van der Waals surface area contributed by atoms with Gasteiger partial charge in [0.25, 0.3) is 0 Å². The number of alkyl halides is 1. The van der Waals surface area contributed by atoms with Crippen molar-refractivity contribution in [1.82, 2.24) is 14.5 Å². The standard InChI is InChI=1S/C15H16ClN3S/c1-10-3-4-13-14(7-10)19(15(18-13)11(2)16)6-5-12-8-20-9-17-12/h3-4,7-9,11H,5-6H2,1-2H3. The van der Waals surface area contributed by atoms with E-state index in [1.165, 1.54) is 5.56 Å². The van der Waals surface area contributed by atoms with Crippen LogP contribution in [0.3, 0.4) is 0 Å². The lowest BCUT2D eigenvalue weighted by atomic mass is 10.2. The largest absolute Gasteiger partial charge is 0.326 e. The molecule has 1 atom stereocenters. The quantitative estimate of drug-likeness (QED) is 0.671. The molecular formula is C15H16ClN3S. The Balaban J connectivity index is 2.01. The van der Waals surface area contributed by atoms with Crippen LogP contribution in [0.2, 0.25) is 0 Å². The molecule has 0 radical (unpaired) electrons. The number of hydrogen-bond donors (Lipinski definition) is 0. The van der Waals surface area contributed by atoms with Crippen molar-refractivity contribution in [2.24, 2.45) is 0 Å². The number of fused-ring (bicyclic) bond motifs is 1. The van der Waals surface area contributed by atoms with Gasteiger partial charge < -0.3 is 4.57 Å². The zero-order valence-corrected chi connectivity index (χ0v) is 13.1. The Kier molecular flexibility index (Phi) is 3.76. The minimum atomic E-state index is -0.0989. The molecule has 0 aliphatic carbocycles. The fourth-order valence-electron chi connectivity index (χ4n) is 2.38. The number of imidazole rings is 1. The second-order valence-corrected chi connectivity index (χ2v) is 6.33. The fourth-order valence-corrected chi connectivity index (χ4v) is 3.14. The summed E-state index contributed by atoms with van der Waals surface area (Å²) in [6, 6.07) is 6.32. The summed E-state index contributed by atoms with van der Waals surface area (Å²) in [6.45, 7) is 4.92. The number of halogens is 1. The molecule has 3 aromatic rings. The molecule has 0 fully saturated rings. The first kappa shape index (κ1) is 13.6. The predicted molar refractivity (Wildman–Crippen MR) is 84.6 cm³/mol. The molecule has 0 aliphatic heterocycles. The lowest BCUT2D eigenvalue weighted by Gasteiger charge is -2.10. The molecular weight excluding hydrogens is 290 g/mol. The van der Waals surface area contributed by atoms with E-state index in [1.807, 2.05) is 12.4 Å².